The first-order valence-electron chi connectivity index (χ1n) is 11.1. The Balaban J connectivity index is 1.94. The number of ketones is 1. The van der Waals surface area contributed by atoms with Crippen LogP contribution in [0.5, 0.6) is 0 Å². The highest BCUT2D eigenvalue weighted by atomic mass is 19.4. The third kappa shape index (κ3) is 4.55. The van der Waals surface area contributed by atoms with E-state index in [1.54, 1.807) is 0 Å². The van der Waals surface area contributed by atoms with Crippen LogP contribution in [-0.2, 0) is 11.0 Å². The number of urea groups is 2. The predicted octanol–water partition coefficient (Wildman–Crippen LogP) is 4.27. The molecule has 186 valence electrons. The van der Waals surface area contributed by atoms with Gasteiger partial charge in [-0.2, -0.15) is 18.4 Å². The third-order valence-corrected chi connectivity index (χ3v) is 6.02. The third-order valence-electron chi connectivity index (χ3n) is 6.02. The van der Waals surface area contributed by atoms with E-state index < -0.39 is 36.5 Å². The second-order valence-electron chi connectivity index (χ2n) is 8.27. The fourth-order valence-corrected chi connectivity index (χ4v) is 4.45. The molecular weight excluding hydrogens is 477 g/mol. The van der Waals surface area contributed by atoms with Gasteiger partial charge in [0.1, 0.15) is 0 Å². The lowest BCUT2D eigenvalue weighted by molar-refractivity contribution is -0.137. The minimum atomic E-state index is -4.67. The fourth-order valence-electron chi connectivity index (χ4n) is 4.45. The average Bonchev–Trinajstić information content (AvgIpc) is 2.86. The topological polar surface area (TPSA) is 114 Å². The lowest BCUT2D eigenvalue weighted by Gasteiger charge is -2.44. The Morgan fingerprint density at radius 1 is 1.14 bits per heavy atom. The number of allylic oxidation sites excluding steroid dienone is 1. The van der Waals surface area contributed by atoms with E-state index >= 15 is 0 Å². The number of carbonyl (C=O) groups excluding carboxylic acids is 3. The quantitative estimate of drug-likeness (QED) is 0.654. The molecule has 4 rings (SSSR count). The summed E-state index contributed by atoms with van der Waals surface area (Å²) in [6.07, 6.45) is -3.90. The molecule has 0 radical (unpaired) electrons. The van der Waals surface area contributed by atoms with E-state index in [0.29, 0.717) is 17.5 Å². The van der Waals surface area contributed by atoms with Gasteiger partial charge in [0.15, 0.2) is 5.78 Å². The van der Waals surface area contributed by atoms with E-state index in [1.165, 1.54) is 30.3 Å². The van der Waals surface area contributed by atoms with Crippen molar-refractivity contribution in [3.63, 3.8) is 0 Å². The Bertz CT molecular complexity index is 1280. The minimum Gasteiger partial charge on any atom is -0.395 e. The van der Waals surface area contributed by atoms with Gasteiger partial charge in [0.25, 0.3) is 0 Å². The van der Waals surface area contributed by atoms with E-state index in [4.69, 9.17) is 10.4 Å². The van der Waals surface area contributed by atoms with Crippen LogP contribution >= 0.6 is 0 Å². The van der Waals surface area contributed by atoms with Crippen LogP contribution in [0.4, 0.5) is 28.4 Å². The van der Waals surface area contributed by atoms with Crippen molar-refractivity contribution in [1.29, 1.82) is 5.26 Å². The van der Waals surface area contributed by atoms with Gasteiger partial charge in [-0.25, -0.2) is 14.5 Å². The number of nitrogens with zero attached hydrogens (tertiary/aromatic N) is 3. The summed E-state index contributed by atoms with van der Waals surface area (Å²) >= 11 is 0. The standard InChI is InChI=1S/C25H21F3N4O4/c26-25(27,28)17-3-1-4-18(13-17)31-19-5-2-6-20(34)21(19)22(16-9-7-15(14-29)8-10-16)32(24(31)36)23(35)30-11-12-33/h1,3-4,7-10,13,22,33H,2,5-6,11-12H2,(H,30,35). The molecule has 1 aliphatic carbocycles. The molecule has 2 aromatic carbocycles. The number of aliphatic hydroxyl groups is 1. The van der Waals surface area contributed by atoms with E-state index in [-0.39, 0.29) is 42.1 Å². The molecule has 0 bridgehead atoms. The van der Waals surface area contributed by atoms with Gasteiger partial charge in [-0.15, -0.1) is 0 Å². The minimum absolute atomic E-state index is 0.127. The summed E-state index contributed by atoms with van der Waals surface area (Å²) in [5.74, 6) is -0.338. The number of carbonyl (C=O) groups is 3. The summed E-state index contributed by atoms with van der Waals surface area (Å²) < 4.78 is 40.3. The van der Waals surface area contributed by atoms with Gasteiger partial charge < -0.3 is 10.4 Å². The maximum atomic E-state index is 13.8. The lowest BCUT2D eigenvalue weighted by atomic mass is 9.83. The van der Waals surface area contributed by atoms with Crippen LogP contribution in [-0.4, -0.2) is 41.0 Å². The highest BCUT2D eigenvalue weighted by molar-refractivity contribution is 6.11. The highest BCUT2D eigenvalue weighted by Crippen LogP contribution is 2.44. The Kier molecular flexibility index (Phi) is 6.81. The van der Waals surface area contributed by atoms with Crippen LogP contribution in [0.25, 0.3) is 0 Å². The molecule has 2 aromatic rings. The van der Waals surface area contributed by atoms with Gasteiger partial charge in [0.2, 0.25) is 0 Å². The second-order valence-corrected chi connectivity index (χ2v) is 8.27. The molecule has 0 aromatic heterocycles. The molecule has 0 spiro atoms. The highest BCUT2D eigenvalue weighted by Gasteiger charge is 2.47. The number of anilines is 1. The number of hydrogen-bond donors (Lipinski definition) is 2. The van der Waals surface area contributed by atoms with E-state index in [0.717, 1.165) is 28.0 Å². The predicted molar refractivity (Wildman–Crippen MR) is 121 cm³/mol. The van der Waals surface area contributed by atoms with Crippen LogP contribution in [0.3, 0.4) is 0 Å². The van der Waals surface area contributed by atoms with E-state index in [2.05, 4.69) is 5.32 Å². The molecule has 0 saturated carbocycles. The number of alkyl halides is 3. The molecule has 1 unspecified atom stereocenters. The summed E-state index contributed by atoms with van der Waals surface area (Å²) in [6, 6.07) is 9.09. The number of benzene rings is 2. The van der Waals surface area contributed by atoms with Gasteiger partial charge in [-0.1, -0.05) is 18.2 Å². The number of nitrogens with one attached hydrogen (secondary N) is 1. The number of imide groups is 1. The van der Waals surface area contributed by atoms with E-state index in [1.807, 2.05) is 6.07 Å². The van der Waals surface area contributed by atoms with Crippen molar-refractivity contribution >= 4 is 23.5 Å². The summed E-state index contributed by atoms with van der Waals surface area (Å²) in [4.78, 5) is 41.9. The summed E-state index contributed by atoms with van der Waals surface area (Å²) in [7, 11) is 0. The second kappa shape index (κ2) is 9.83. The van der Waals surface area contributed by atoms with Crippen molar-refractivity contribution < 1.29 is 32.7 Å². The zero-order valence-electron chi connectivity index (χ0n) is 18.9. The SMILES string of the molecule is N#Cc1ccc(C2C3=C(CCCC3=O)N(c3cccc(C(F)(F)F)c3)C(=O)N2C(=O)NCCO)cc1. The molecule has 0 fully saturated rings. The first kappa shape index (κ1) is 24.9. The number of Topliss-reactive ketones (excluding diaryl/α,β-unsaturated/α-hetero) is 1. The first-order chi connectivity index (χ1) is 17.2. The molecule has 1 aliphatic heterocycles. The zero-order chi connectivity index (χ0) is 26.0. The average molecular weight is 498 g/mol. The smallest absolute Gasteiger partial charge is 0.395 e. The molecule has 36 heavy (non-hydrogen) atoms. The number of halogens is 3. The fraction of sp³-hybridized carbons (Fsp3) is 0.280. The van der Waals surface area contributed by atoms with Crippen molar-refractivity contribution in [2.75, 3.05) is 18.1 Å². The molecule has 2 N–H and O–H groups in total. The van der Waals surface area contributed by atoms with Crippen LogP contribution < -0.4 is 10.2 Å². The Labute approximate surface area is 204 Å². The number of rotatable bonds is 4. The van der Waals surface area contributed by atoms with Gasteiger partial charge in [0.05, 0.1) is 35.5 Å². The van der Waals surface area contributed by atoms with Gasteiger partial charge in [-0.3, -0.25) is 9.69 Å². The number of aliphatic hydroxyl groups excluding tert-OH is 1. The summed E-state index contributed by atoms with van der Waals surface area (Å²) in [5.41, 5.74) is -0.0454. The van der Waals surface area contributed by atoms with Gasteiger partial charge in [-0.05, 0) is 48.7 Å². The van der Waals surface area contributed by atoms with Gasteiger partial charge >= 0.3 is 18.2 Å². The van der Waals surface area contributed by atoms with E-state index in [9.17, 15) is 27.6 Å². The Hall–Kier alpha value is -4.17. The number of amides is 4. The monoisotopic (exact) mass is 498 g/mol. The molecule has 1 atom stereocenters. The molecule has 2 aliphatic rings. The van der Waals surface area contributed by atoms with Crippen LogP contribution in [0.15, 0.2) is 59.8 Å². The van der Waals surface area contributed by atoms with Crippen LogP contribution in [0, 0.1) is 11.3 Å². The van der Waals surface area contributed by atoms with Crippen molar-refractivity contribution in [3.8, 4) is 6.07 Å². The molecule has 8 nitrogen and oxygen atoms in total. The molecular formula is C25H21F3N4O4. The molecule has 0 saturated heterocycles. The maximum absolute atomic E-state index is 13.8. The van der Waals surface area contributed by atoms with Gasteiger partial charge in [0, 0.05) is 24.2 Å². The van der Waals surface area contributed by atoms with Crippen LogP contribution in [0.1, 0.15) is 42.0 Å². The number of hydrogen-bond acceptors (Lipinski definition) is 5. The summed E-state index contributed by atoms with van der Waals surface area (Å²) in [5, 5.41) is 20.7. The Morgan fingerprint density at radius 2 is 1.86 bits per heavy atom. The normalized spacial score (nSPS) is 18.1. The summed E-state index contributed by atoms with van der Waals surface area (Å²) in [6.45, 7) is -0.606. The maximum Gasteiger partial charge on any atom is 0.416 e. The largest absolute Gasteiger partial charge is 0.416 e. The van der Waals surface area contributed by atoms with Crippen molar-refractivity contribution in [2.24, 2.45) is 0 Å². The molecule has 11 heteroatoms. The van der Waals surface area contributed by atoms with Crippen molar-refractivity contribution in [2.45, 2.75) is 31.5 Å². The van der Waals surface area contributed by atoms with Crippen LogP contribution in [0.2, 0.25) is 0 Å². The number of nitriles is 1. The molecule has 4 amide bonds. The van der Waals surface area contributed by atoms with Crippen molar-refractivity contribution in [1.82, 2.24) is 10.2 Å². The zero-order valence-corrected chi connectivity index (χ0v) is 18.9. The first-order valence-corrected chi connectivity index (χ1v) is 11.1. The lowest BCUT2D eigenvalue weighted by Crippen LogP contribution is -2.57. The molecule has 1 heterocycles. The Morgan fingerprint density at radius 3 is 2.50 bits per heavy atom. The van der Waals surface area contributed by atoms with Crippen molar-refractivity contribution in [3.05, 3.63) is 76.5 Å².